The lowest BCUT2D eigenvalue weighted by atomic mass is 10.1. The molecule has 0 aliphatic rings. The second kappa shape index (κ2) is 4.33. The third-order valence-corrected chi connectivity index (χ3v) is 2.55. The van der Waals surface area contributed by atoms with Gasteiger partial charge in [-0.05, 0) is 19.1 Å². The van der Waals surface area contributed by atoms with Crippen LogP contribution in [0.1, 0.15) is 11.1 Å². The summed E-state index contributed by atoms with van der Waals surface area (Å²) in [5, 5.41) is 0. The van der Waals surface area contributed by atoms with Gasteiger partial charge in [0.2, 0.25) is 0 Å². The first-order valence-corrected chi connectivity index (χ1v) is 5.23. The number of pyridine rings is 1. The van der Waals surface area contributed by atoms with Crippen molar-refractivity contribution in [1.29, 1.82) is 0 Å². The topological polar surface area (TPSA) is 64.9 Å². The number of benzene rings is 1. The summed E-state index contributed by atoms with van der Waals surface area (Å²) >= 11 is 0. The van der Waals surface area contributed by atoms with Crippen LogP contribution in [0.5, 0.6) is 0 Å². The molecule has 4 N–H and O–H groups in total. The summed E-state index contributed by atoms with van der Waals surface area (Å²) < 4.78 is 0. The zero-order chi connectivity index (χ0) is 11.5. The number of aryl methyl sites for hydroxylation is 1. The molecule has 0 radical (unpaired) electrons. The molecule has 3 nitrogen and oxygen atoms in total. The molecule has 2 rings (SSSR count). The highest BCUT2D eigenvalue weighted by Crippen LogP contribution is 2.20. The van der Waals surface area contributed by atoms with E-state index in [0.29, 0.717) is 12.4 Å². The summed E-state index contributed by atoms with van der Waals surface area (Å²) in [5.41, 5.74) is 15.4. The van der Waals surface area contributed by atoms with Crippen molar-refractivity contribution >= 4 is 5.82 Å². The Morgan fingerprint density at radius 3 is 2.62 bits per heavy atom. The fourth-order valence-electron chi connectivity index (χ4n) is 1.64. The summed E-state index contributed by atoms with van der Waals surface area (Å²) in [5.74, 6) is 0.515. The molecule has 16 heavy (non-hydrogen) atoms. The van der Waals surface area contributed by atoms with E-state index in [1.165, 1.54) is 5.56 Å². The number of rotatable bonds is 2. The van der Waals surface area contributed by atoms with Gasteiger partial charge in [0.1, 0.15) is 5.82 Å². The third kappa shape index (κ3) is 2.04. The predicted octanol–water partition coefficient (Wildman–Crippen LogP) is 2.10. The third-order valence-electron chi connectivity index (χ3n) is 2.55. The standard InChI is InChI=1S/C13H15N3/c1-9-3-2-4-10(7-9)12-6-5-11(8-14)13(15)16-12/h2-7H,8,14H2,1H3,(H2,15,16). The van der Waals surface area contributed by atoms with Gasteiger partial charge < -0.3 is 11.5 Å². The molecule has 0 atom stereocenters. The monoisotopic (exact) mass is 213 g/mol. The van der Waals surface area contributed by atoms with Crippen molar-refractivity contribution in [2.75, 3.05) is 5.73 Å². The van der Waals surface area contributed by atoms with Crippen molar-refractivity contribution < 1.29 is 0 Å². The molecule has 0 saturated heterocycles. The first-order valence-electron chi connectivity index (χ1n) is 5.23. The number of nitrogens with two attached hydrogens (primary N) is 2. The number of hydrogen-bond donors (Lipinski definition) is 2. The average molecular weight is 213 g/mol. The van der Waals surface area contributed by atoms with Crippen LogP contribution in [0.2, 0.25) is 0 Å². The van der Waals surface area contributed by atoms with Crippen molar-refractivity contribution in [2.45, 2.75) is 13.5 Å². The first-order chi connectivity index (χ1) is 7.70. The summed E-state index contributed by atoms with van der Waals surface area (Å²) in [6.07, 6.45) is 0. The van der Waals surface area contributed by atoms with E-state index >= 15 is 0 Å². The van der Waals surface area contributed by atoms with Gasteiger partial charge in [0, 0.05) is 17.7 Å². The minimum Gasteiger partial charge on any atom is -0.383 e. The lowest BCUT2D eigenvalue weighted by molar-refractivity contribution is 1.06. The Morgan fingerprint density at radius 1 is 1.19 bits per heavy atom. The van der Waals surface area contributed by atoms with E-state index in [0.717, 1.165) is 16.8 Å². The molecule has 3 heteroatoms. The Balaban J connectivity index is 2.45. The Bertz CT molecular complexity index is 506. The number of anilines is 1. The largest absolute Gasteiger partial charge is 0.383 e. The second-order valence-electron chi connectivity index (χ2n) is 3.81. The molecule has 0 fully saturated rings. The smallest absolute Gasteiger partial charge is 0.128 e. The summed E-state index contributed by atoms with van der Waals surface area (Å²) in [7, 11) is 0. The molecule has 0 unspecified atom stereocenters. The van der Waals surface area contributed by atoms with Gasteiger partial charge in [-0.1, -0.05) is 29.8 Å². The Hall–Kier alpha value is -1.87. The normalized spacial score (nSPS) is 10.4. The highest BCUT2D eigenvalue weighted by Gasteiger charge is 2.03. The van der Waals surface area contributed by atoms with Gasteiger partial charge in [0.25, 0.3) is 0 Å². The number of nitrogen functional groups attached to an aromatic ring is 1. The summed E-state index contributed by atoms with van der Waals surface area (Å²) in [4.78, 5) is 4.35. The quantitative estimate of drug-likeness (QED) is 0.802. The van der Waals surface area contributed by atoms with Crippen molar-refractivity contribution in [3.8, 4) is 11.3 Å². The highest BCUT2D eigenvalue weighted by molar-refractivity contribution is 5.62. The van der Waals surface area contributed by atoms with E-state index in [2.05, 4.69) is 24.0 Å². The van der Waals surface area contributed by atoms with Crippen molar-refractivity contribution in [3.05, 3.63) is 47.5 Å². The minimum atomic E-state index is 0.424. The van der Waals surface area contributed by atoms with Crippen LogP contribution in [0.4, 0.5) is 5.82 Å². The number of hydrogen-bond acceptors (Lipinski definition) is 3. The Kier molecular flexibility index (Phi) is 2.88. The van der Waals surface area contributed by atoms with E-state index in [1.807, 2.05) is 24.3 Å². The molecule has 0 aliphatic heterocycles. The molecule has 1 heterocycles. The van der Waals surface area contributed by atoms with E-state index in [9.17, 15) is 0 Å². The van der Waals surface area contributed by atoms with Crippen molar-refractivity contribution in [2.24, 2.45) is 5.73 Å². The average Bonchev–Trinajstić information content (AvgIpc) is 2.29. The van der Waals surface area contributed by atoms with E-state index < -0.39 is 0 Å². The van der Waals surface area contributed by atoms with Gasteiger partial charge >= 0.3 is 0 Å². The highest BCUT2D eigenvalue weighted by atomic mass is 14.8. The van der Waals surface area contributed by atoms with Crippen LogP contribution in [0.15, 0.2) is 36.4 Å². The maximum atomic E-state index is 5.82. The first kappa shape index (κ1) is 10.6. The van der Waals surface area contributed by atoms with Crippen LogP contribution in [0.25, 0.3) is 11.3 Å². The maximum Gasteiger partial charge on any atom is 0.128 e. The number of aromatic nitrogens is 1. The van der Waals surface area contributed by atoms with Crippen molar-refractivity contribution in [3.63, 3.8) is 0 Å². The van der Waals surface area contributed by atoms with Crippen LogP contribution in [0, 0.1) is 6.92 Å². The van der Waals surface area contributed by atoms with Gasteiger partial charge in [0.15, 0.2) is 0 Å². The van der Waals surface area contributed by atoms with E-state index in [-0.39, 0.29) is 0 Å². The molecule has 82 valence electrons. The molecule has 0 saturated carbocycles. The fourth-order valence-corrected chi connectivity index (χ4v) is 1.64. The molecule has 1 aromatic heterocycles. The lowest BCUT2D eigenvalue weighted by Crippen LogP contribution is -2.03. The zero-order valence-corrected chi connectivity index (χ0v) is 9.27. The molecule has 1 aromatic carbocycles. The van der Waals surface area contributed by atoms with E-state index in [4.69, 9.17) is 11.5 Å². The Labute approximate surface area is 95.1 Å². The SMILES string of the molecule is Cc1cccc(-c2ccc(CN)c(N)n2)c1. The molecular formula is C13H15N3. The molecule has 0 amide bonds. The maximum absolute atomic E-state index is 5.82. The zero-order valence-electron chi connectivity index (χ0n) is 9.27. The predicted molar refractivity (Wildman–Crippen MR) is 66.7 cm³/mol. The Morgan fingerprint density at radius 2 is 2.00 bits per heavy atom. The van der Waals surface area contributed by atoms with Crippen LogP contribution < -0.4 is 11.5 Å². The minimum absolute atomic E-state index is 0.424. The second-order valence-corrected chi connectivity index (χ2v) is 3.81. The molecular weight excluding hydrogens is 198 g/mol. The van der Waals surface area contributed by atoms with Gasteiger partial charge in [-0.15, -0.1) is 0 Å². The van der Waals surface area contributed by atoms with Crippen molar-refractivity contribution in [1.82, 2.24) is 4.98 Å². The molecule has 0 aliphatic carbocycles. The summed E-state index contributed by atoms with van der Waals surface area (Å²) in [6, 6.07) is 12.1. The van der Waals surface area contributed by atoms with Crippen LogP contribution in [-0.2, 0) is 6.54 Å². The van der Waals surface area contributed by atoms with Gasteiger partial charge in [-0.2, -0.15) is 0 Å². The van der Waals surface area contributed by atoms with Crippen LogP contribution in [-0.4, -0.2) is 4.98 Å². The van der Waals surface area contributed by atoms with Gasteiger partial charge in [0.05, 0.1) is 5.69 Å². The molecule has 2 aromatic rings. The molecule has 0 spiro atoms. The lowest BCUT2D eigenvalue weighted by Gasteiger charge is -2.06. The van der Waals surface area contributed by atoms with Crippen LogP contribution >= 0.6 is 0 Å². The van der Waals surface area contributed by atoms with Gasteiger partial charge in [-0.3, -0.25) is 0 Å². The summed E-state index contributed by atoms with van der Waals surface area (Å²) in [6.45, 7) is 2.48. The number of nitrogens with zero attached hydrogens (tertiary/aromatic N) is 1. The molecule has 0 bridgehead atoms. The van der Waals surface area contributed by atoms with Crippen LogP contribution in [0.3, 0.4) is 0 Å². The van der Waals surface area contributed by atoms with Gasteiger partial charge in [-0.25, -0.2) is 4.98 Å². The fraction of sp³-hybridized carbons (Fsp3) is 0.154. The van der Waals surface area contributed by atoms with E-state index in [1.54, 1.807) is 0 Å².